The van der Waals surface area contributed by atoms with Crippen LogP contribution in [0.15, 0.2) is 54.2 Å². The monoisotopic (exact) mass is 467 g/mol. The van der Waals surface area contributed by atoms with Gasteiger partial charge in [-0.15, -0.1) is 0 Å². The molecule has 0 unspecified atom stereocenters. The number of carboxylic acids is 1. The van der Waals surface area contributed by atoms with Gasteiger partial charge in [0.1, 0.15) is 0 Å². The highest BCUT2D eigenvalue weighted by molar-refractivity contribution is 6.31. The number of carbonyl (C=O) groups is 2. The van der Waals surface area contributed by atoms with Gasteiger partial charge in [-0.25, -0.2) is 4.79 Å². The first-order valence-electron chi connectivity index (χ1n) is 11.5. The zero-order valence-electron chi connectivity index (χ0n) is 20.4. The highest BCUT2D eigenvalue weighted by Crippen LogP contribution is 2.44. The number of aromatic carboxylic acids is 1. The molecule has 0 bridgehead atoms. The van der Waals surface area contributed by atoms with E-state index in [1.54, 1.807) is 17.0 Å². The third kappa shape index (κ3) is 5.50. The summed E-state index contributed by atoms with van der Waals surface area (Å²) in [7, 11) is 0. The van der Waals surface area contributed by atoms with Crippen molar-refractivity contribution in [3.63, 3.8) is 0 Å². The van der Waals surface area contributed by atoms with E-state index in [1.165, 1.54) is 12.1 Å². The fraction of sp³-hybridized carbons (Fsp3) is 0.429. The first-order valence-corrected chi connectivity index (χ1v) is 11.9. The molecule has 1 aliphatic heterocycles. The summed E-state index contributed by atoms with van der Waals surface area (Å²) in [5, 5.41) is 9.91. The minimum Gasteiger partial charge on any atom is -0.478 e. The summed E-state index contributed by atoms with van der Waals surface area (Å²) in [6, 6.07) is 12.7. The summed E-state index contributed by atoms with van der Waals surface area (Å²) in [4.78, 5) is 26.1. The van der Waals surface area contributed by atoms with Crippen molar-refractivity contribution in [2.45, 2.75) is 66.2 Å². The lowest BCUT2D eigenvalue weighted by molar-refractivity contribution is -0.119. The van der Waals surface area contributed by atoms with Crippen LogP contribution in [0, 0.1) is 11.3 Å². The summed E-state index contributed by atoms with van der Waals surface area (Å²) in [6.45, 7) is 13.1. The van der Waals surface area contributed by atoms with Crippen molar-refractivity contribution in [1.82, 2.24) is 0 Å². The number of carbonyl (C=O) groups excluding carboxylic acids is 1. The maximum Gasteiger partial charge on any atom is 0.335 e. The molecule has 0 aliphatic carbocycles. The number of halogens is 1. The number of anilines is 1. The zero-order valence-corrected chi connectivity index (χ0v) is 21.2. The highest BCUT2D eigenvalue weighted by Gasteiger charge is 2.40. The lowest BCUT2D eigenvalue weighted by Crippen LogP contribution is -2.42. The van der Waals surface area contributed by atoms with Crippen LogP contribution in [0.2, 0.25) is 5.02 Å². The molecule has 0 spiro atoms. The summed E-state index contributed by atoms with van der Waals surface area (Å²) in [5.74, 6) is -0.804. The van der Waals surface area contributed by atoms with E-state index < -0.39 is 11.4 Å². The van der Waals surface area contributed by atoms with Crippen LogP contribution in [0.1, 0.15) is 75.9 Å². The van der Waals surface area contributed by atoms with Gasteiger partial charge in [0.05, 0.1) is 5.56 Å². The number of hydrogen-bond acceptors (Lipinski definition) is 2. The molecule has 0 saturated carbocycles. The number of carboxylic acid groups (broad SMARTS) is 1. The van der Waals surface area contributed by atoms with Gasteiger partial charge in [-0.1, -0.05) is 65.3 Å². The molecule has 1 heterocycles. The molecule has 2 aromatic carbocycles. The van der Waals surface area contributed by atoms with Gasteiger partial charge in [0, 0.05) is 28.7 Å². The first kappa shape index (κ1) is 25.0. The number of rotatable bonds is 6. The second-order valence-corrected chi connectivity index (χ2v) is 11.1. The van der Waals surface area contributed by atoms with Crippen molar-refractivity contribution in [3.05, 3.63) is 76.0 Å². The molecular formula is C28H34ClNO3. The minimum absolute atomic E-state index is 0.0297. The number of nitrogens with zero attached hydrogens (tertiary/aromatic N) is 1. The van der Waals surface area contributed by atoms with Crippen molar-refractivity contribution >= 4 is 29.2 Å². The molecule has 33 heavy (non-hydrogen) atoms. The number of amides is 1. The first-order chi connectivity index (χ1) is 15.3. The van der Waals surface area contributed by atoms with Crippen molar-refractivity contribution in [1.29, 1.82) is 0 Å². The molecule has 5 heteroatoms. The number of allylic oxidation sites excluding steroid dienone is 1. The molecule has 1 amide bonds. The Morgan fingerprint density at radius 2 is 1.79 bits per heavy atom. The maximum atomic E-state index is 13.3. The number of hydrogen-bond donors (Lipinski definition) is 1. The number of benzene rings is 2. The average molecular weight is 468 g/mol. The Balaban J connectivity index is 1.97. The van der Waals surface area contributed by atoms with Crippen LogP contribution in [0.3, 0.4) is 0 Å². The smallest absolute Gasteiger partial charge is 0.335 e. The van der Waals surface area contributed by atoms with E-state index in [0.717, 1.165) is 34.6 Å². The van der Waals surface area contributed by atoms with Gasteiger partial charge in [-0.05, 0) is 71.2 Å². The Hall–Kier alpha value is -2.59. The van der Waals surface area contributed by atoms with Crippen molar-refractivity contribution in [2.24, 2.45) is 11.3 Å². The maximum absolute atomic E-state index is 13.3. The lowest BCUT2D eigenvalue weighted by atomic mass is 9.68. The van der Waals surface area contributed by atoms with Crippen molar-refractivity contribution < 1.29 is 14.7 Å². The molecular weight excluding hydrogens is 434 g/mol. The predicted molar refractivity (Wildman–Crippen MR) is 135 cm³/mol. The SMILES string of the molecule is CC(C)C1=CN(c2ccc(C(=O)O)cc2)C(=O)C[C@@]1(C)c1ccc(CCC(C)(C)C)c(Cl)c1. The van der Waals surface area contributed by atoms with E-state index in [1.807, 2.05) is 12.3 Å². The quantitative estimate of drug-likeness (QED) is 0.486. The van der Waals surface area contributed by atoms with Crippen LogP contribution < -0.4 is 4.90 Å². The summed E-state index contributed by atoms with van der Waals surface area (Å²) >= 11 is 6.71. The Morgan fingerprint density at radius 1 is 1.15 bits per heavy atom. The molecule has 4 nitrogen and oxygen atoms in total. The van der Waals surface area contributed by atoms with Crippen molar-refractivity contribution in [3.8, 4) is 0 Å². The lowest BCUT2D eigenvalue weighted by Gasteiger charge is -2.41. The molecule has 1 aliphatic rings. The van der Waals surface area contributed by atoms with Gasteiger partial charge in [0.25, 0.3) is 0 Å². The standard InChI is InChI=1S/C28H34ClNO3/c1-18(2)23-17-30(22-11-8-20(9-12-22)26(32)33)25(31)16-28(23,6)21-10-7-19(24(29)15-21)13-14-27(3,4)5/h7-12,15,17-18H,13-14,16H2,1-6H3,(H,32,33)/t28-/m0/s1. The topological polar surface area (TPSA) is 57.6 Å². The molecule has 0 saturated heterocycles. The summed E-state index contributed by atoms with van der Waals surface area (Å²) in [5.41, 5.74) is 3.96. The predicted octanol–water partition coefficient (Wildman–Crippen LogP) is 7.25. The van der Waals surface area contributed by atoms with Crippen LogP contribution in [0.25, 0.3) is 0 Å². The fourth-order valence-electron chi connectivity index (χ4n) is 4.48. The Kier molecular flexibility index (Phi) is 7.09. The molecule has 1 N–H and O–H groups in total. The van der Waals surface area contributed by atoms with E-state index in [4.69, 9.17) is 16.7 Å². The largest absolute Gasteiger partial charge is 0.478 e. The van der Waals surface area contributed by atoms with E-state index in [9.17, 15) is 9.59 Å². The van der Waals surface area contributed by atoms with E-state index in [2.05, 4.69) is 53.7 Å². The third-order valence-corrected chi connectivity index (χ3v) is 6.88. The minimum atomic E-state index is -0.986. The van der Waals surface area contributed by atoms with E-state index in [-0.39, 0.29) is 22.8 Å². The second-order valence-electron chi connectivity index (χ2n) is 10.7. The Morgan fingerprint density at radius 3 is 2.30 bits per heavy atom. The highest BCUT2D eigenvalue weighted by atomic mass is 35.5. The average Bonchev–Trinajstić information content (AvgIpc) is 2.72. The van der Waals surface area contributed by atoms with Gasteiger partial charge in [0.2, 0.25) is 5.91 Å². The molecule has 0 aromatic heterocycles. The van der Waals surface area contributed by atoms with Gasteiger partial charge in [0.15, 0.2) is 0 Å². The third-order valence-electron chi connectivity index (χ3n) is 6.53. The molecule has 2 aromatic rings. The van der Waals surface area contributed by atoms with Gasteiger partial charge in [-0.3, -0.25) is 9.69 Å². The summed E-state index contributed by atoms with van der Waals surface area (Å²) in [6.07, 6.45) is 4.21. The molecule has 176 valence electrons. The Bertz CT molecular complexity index is 1080. The molecule has 3 rings (SSSR count). The molecule has 1 atom stereocenters. The van der Waals surface area contributed by atoms with Gasteiger partial charge < -0.3 is 5.11 Å². The van der Waals surface area contributed by atoms with Crippen molar-refractivity contribution in [2.75, 3.05) is 4.90 Å². The van der Waals surface area contributed by atoms with E-state index in [0.29, 0.717) is 12.1 Å². The van der Waals surface area contributed by atoms with Crippen LogP contribution in [-0.2, 0) is 16.6 Å². The van der Waals surface area contributed by atoms with Crippen LogP contribution in [0.5, 0.6) is 0 Å². The normalized spacial score (nSPS) is 19.1. The molecule has 0 fully saturated rings. The second kappa shape index (κ2) is 9.34. The van der Waals surface area contributed by atoms with Gasteiger partial charge >= 0.3 is 5.97 Å². The van der Waals surface area contributed by atoms with Gasteiger partial charge in [-0.2, -0.15) is 0 Å². The number of aryl methyl sites for hydroxylation is 1. The van der Waals surface area contributed by atoms with Crippen LogP contribution in [0.4, 0.5) is 5.69 Å². The summed E-state index contributed by atoms with van der Waals surface area (Å²) < 4.78 is 0. The van der Waals surface area contributed by atoms with E-state index >= 15 is 0 Å². The van der Waals surface area contributed by atoms with Crippen LogP contribution >= 0.6 is 11.6 Å². The molecule has 0 radical (unpaired) electrons. The zero-order chi connectivity index (χ0) is 24.6. The Labute approximate surface area is 202 Å². The fourth-order valence-corrected chi connectivity index (χ4v) is 4.76. The van der Waals surface area contributed by atoms with Crippen LogP contribution in [-0.4, -0.2) is 17.0 Å².